The Bertz CT molecular complexity index is 3210. The maximum Gasteiger partial charge on any atom is 0.339 e. The number of aromatic hydroxyl groups is 1. The number of primary amides is 2. The van der Waals surface area contributed by atoms with E-state index in [-0.39, 0.29) is 29.1 Å². The lowest BCUT2D eigenvalue weighted by Gasteiger charge is -2.19. The highest BCUT2D eigenvalue weighted by Gasteiger charge is 2.24. The Hall–Kier alpha value is -9.44. The Morgan fingerprint density at radius 3 is 1.26 bits per heavy atom. The minimum absolute atomic E-state index is 0.0893. The summed E-state index contributed by atoms with van der Waals surface area (Å²) in [4.78, 5) is 69.7. The number of ether oxygens (including phenoxy) is 5. The molecule has 7 N–H and O–H groups in total. The number of pyridine rings is 4. The molecule has 0 aliphatic carbocycles. The van der Waals surface area contributed by atoms with Gasteiger partial charge in [-0.25, -0.2) is 42.7 Å². The van der Waals surface area contributed by atoms with E-state index in [0.29, 0.717) is 74.5 Å². The molecule has 18 nitrogen and oxygen atoms in total. The fourth-order valence-electron chi connectivity index (χ4n) is 5.33. The second kappa shape index (κ2) is 33.9. The van der Waals surface area contributed by atoms with Crippen LogP contribution in [0.15, 0.2) is 170 Å². The zero-order chi connectivity index (χ0) is 60.8. The summed E-state index contributed by atoms with van der Waals surface area (Å²) in [5.41, 5.74) is 16.3. The fraction of sp³-hybridized carbons (Fsp3) is 0.169. The first-order chi connectivity index (χ1) is 38.8. The van der Waals surface area contributed by atoms with Crippen LogP contribution in [0.5, 0.6) is 40.6 Å². The predicted octanol–water partition coefficient (Wildman–Crippen LogP) is 11.9. The number of aryl methyl sites for hydroxylation is 1. The Labute approximate surface area is 481 Å². The van der Waals surface area contributed by atoms with Crippen molar-refractivity contribution in [1.29, 1.82) is 0 Å². The van der Waals surface area contributed by atoms with E-state index in [4.69, 9.17) is 59.7 Å². The number of nitrogens with zero attached hydrogens (tertiary/aromatic N) is 4. The standard InChI is InChI=1S/C17H19ClN2O2.C13H10FNO3.C12H8FNO2.C7H6ClNO2.C6H5FO.C4H10N2O/c1-17(2,16(19)21)10-9-12-3-8-15(20-11-12)22-14-6-4-13(18)5-7-14;1-17-13(16)9-2-7-12(15-8-9)18-11-5-3-10(14)4-6-11;13-10-2-4-11(5-3-10)16-12-6-1-9(8-15)7-14-12;1-11-7(10)5-2-3-6(8)9-4-5;7-5-1-3-6(8)4-2-5;1-4(2,6)3(5)7/h3-8,11H,9-10H2,1-2H3,(H2,19,21);2-8H,1H3;1-8H;2-4H,1H3;1-4,8H;6H2,1-2H3,(H2,5,7). The number of aromatic nitrogens is 4. The number of methoxy groups -OCH3 is 2. The highest BCUT2D eigenvalue weighted by molar-refractivity contribution is 6.30. The molecule has 4 aromatic carbocycles. The maximum atomic E-state index is 12.7. The number of esters is 2. The van der Waals surface area contributed by atoms with Crippen LogP contribution in [0.4, 0.5) is 13.2 Å². The number of benzene rings is 4. The number of carbonyl (C=O) groups excluding carboxylic acids is 5. The van der Waals surface area contributed by atoms with E-state index in [0.717, 1.165) is 12.0 Å². The van der Waals surface area contributed by atoms with Crippen molar-refractivity contribution in [2.45, 2.75) is 46.1 Å². The van der Waals surface area contributed by atoms with Gasteiger partial charge in [0.15, 0.2) is 6.29 Å². The molecule has 0 radical (unpaired) electrons. The van der Waals surface area contributed by atoms with Crippen molar-refractivity contribution in [3.63, 3.8) is 0 Å². The molecule has 0 aliphatic rings. The van der Waals surface area contributed by atoms with E-state index in [1.807, 2.05) is 19.9 Å². The second-order valence-electron chi connectivity index (χ2n) is 17.8. The first kappa shape index (κ1) is 66.8. The van der Waals surface area contributed by atoms with Crippen LogP contribution in [-0.2, 0) is 25.5 Å². The zero-order valence-electron chi connectivity index (χ0n) is 45.1. The summed E-state index contributed by atoms with van der Waals surface area (Å²) >= 11 is 11.3. The van der Waals surface area contributed by atoms with Crippen molar-refractivity contribution in [3.8, 4) is 40.6 Å². The number of halogens is 5. The number of rotatable bonds is 14. The van der Waals surface area contributed by atoms with Crippen LogP contribution in [0.1, 0.15) is 70.8 Å². The van der Waals surface area contributed by atoms with Gasteiger partial charge in [-0.2, -0.15) is 0 Å². The molecule has 0 saturated heterocycles. The third-order valence-corrected chi connectivity index (χ3v) is 10.7. The number of phenolic OH excluding ortho intramolecular Hbond substituents is 1. The molecule has 8 rings (SSSR count). The van der Waals surface area contributed by atoms with Gasteiger partial charge in [0.2, 0.25) is 29.5 Å². The van der Waals surface area contributed by atoms with Gasteiger partial charge in [-0.1, -0.05) is 43.1 Å². The average Bonchev–Trinajstić information content (AvgIpc) is 3.48. The Morgan fingerprint density at radius 1 is 0.537 bits per heavy atom. The van der Waals surface area contributed by atoms with Gasteiger partial charge in [0.25, 0.3) is 0 Å². The van der Waals surface area contributed by atoms with E-state index in [1.54, 1.807) is 68.6 Å². The number of hydrogen-bond donors (Lipinski definition) is 4. The molecule has 4 heterocycles. The number of nitrogens with two attached hydrogens (primary N) is 3. The lowest BCUT2D eigenvalue weighted by molar-refractivity contribution is -0.126. The van der Waals surface area contributed by atoms with E-state index in [2.05, 4.69) is 29.4 Å². The molecule has 23 heteroatoms. The van der Waals surface area contributed by atoms with Crippen LogP contribution in [-0.4, -0.2) is 74.8 Å². The van der Waals surface area contributed by atoms with Gasteiger partial charge in [-0.3, -0.25) is 14.4 Å². The normalized spacial score (nSPS) is 10.2. The van der Waals surface area contributed by atoms with Gasteiger partial charge in [0, 0.05) is 59.0 Å². The van der Waals surface area contributed by atoms with Gasteiger partial charge in [-0.05, 0) is 154 Å². The molecule has 0 saturated carbocycles. The number of carbonyl (C=O) groups is 5. The molecule has 82 heavy (non-hydrogen) atoms. The molecule has 8 aromatic rings. The van der Waals surface area contributed by atoms with Crippen LogP contribution in [0.3, 0.4) is 0 Å². The van der Waals surface area contributed by atoms with Gasteiger partial charge in [0.05, 0.1) is 30.9 Å². The fourth-order valence-corrected chi connectivity index (χ4v) is 5.56. The summed E-state index contributed by atoms with van der Waals surface area (Å²) in [7, 11) is 2.61. The van der Waals surface area contributed by atoms with Crippen molar-refractivity contribution in [3.05, 3.63) is 220 Å². The Kier molecular flexibility index (Phi) is 27.6. The average molecular weight is 1170 g/mol. The largest absolute Gasteiger partial charge is 0.508 e. The quantitative estimate of drug-likeness (QED) is 0.0447. The minimum atomic E-state index is -0.861. The van der Waals surface area contributed by atoms with Gasteiger partial charge < -0.3 is 46.0 Å². The SMILES string of the molecule is CC(C)(CCc1ccc(Oc2ccc(Cl)cc2)nc1)C(N)=O.CC(C)(N)C(N)=O.COC(=O)c1ccc(Cl)nc1.COC(=O)c1ccc(Oc2ccc(F)cc2)nc1.O=Cc1ccc(Oc2ccc(F)cc2)nc1.Oc1ccc(F)cc1. The highest BCUT2D eigenvalue weighted by atomic mass is 35.5. The molecule has 4 aromatic heterocycles. The van der Waals surface area contributed by atoms with E-state index < -0.39 is 28.8 Å². The predicted molar refractivity (Wildman–Crippen MR) is 301 cm³/mol. The molecule has 2 amide bonds. The summed E-state index contributed by atoms with van der Waals surface area (Å²) in [6.45, 7) is 6.83. The van der Waals surface area contributed by atoms with Crippen molar-refractivity contribution in [2.75, 3.05) is 14.2 Å². The molecule has 0 spiro atoms. The maximum absolute atomic E-state index is 12.7. The van der Waals surface area contributed by atoms with Crippen molar-refractivity contribution in [1.82, 2.24) is 19.9 Å². The topological polar surface area (TPSA) is 281 Å². The van der Waals surface area contributed by atoms with Gasteiger partial charge >= 0.3 is 11.9 Å². The van der Waals surface area contributed by atoms with Crippen molar-refractivity contribution in [2.24, 2.45) is 22.6 Å². The van der Waals surface area contributed by atoms with E-state index in [9.17, 15) is 37.1 Å². The number of amides is 2. The second-order valence-corrected chi connectivity index (χ2v) is 18.6. The van der Waals surface area contributed by atoms with Crippen LogP contribution in [0.2, 0.25) is 10.2 Å². The van der Waals surface area contributed by atoms with Crippen LogP contribution in [0.25, 0.3) is 0 Å². The van der Waals surface area contributed by atoms with Crippen molar-refractivity contribution < 1.29 is 65.9 Å². The van der Waals surface area contributed by atoms with E-state index in [1.165, 1.54) is 124 Å². The van der Waals surface area contributed by atoms with Crippen LogP contribution in [0, 0.1) is 22.9 Å². The monoisotopic (exact) mass is 1170 g/mol. The number of phenols is 1. The first-order valence-corrected chi connectivity index (χ1v) is 24.8. The smallest absolute Gasteiger partial charge is 0.339 e. The summed E-state index contributed by atoms with van der Waals surface area (Å²) in [5.74, 6) is 0.288. The molecule has 430 valence electrons. The lowest BCUT2D eigenvalue weighted by atomic mass is 9.86. The third-order valence-electron chi connectivity index (χ3n) is 10.3. The molecule has 0 atom stereocenters. The van der Waals surface area contributed by atoms with Crippen LogP contribution >= 0.6 is 23.2 Å². The molecule has 0 bridgehead atoms. The van der Waals surface area contributed by atoms with Crippen molar-refractivity contribution >= 4 is 53.2 Å². The lowest BCUT2D eigenvalue weighted by Crippen LogP contribution is -2.46. The first-order valence-electron chi connectivity index (χ1n) is 24.0. The Morgan fingerprint density at radius 2 is 0.927 bits per heavy atom. The molecule has 0 aliphatic heterocycles. The number of aldehydes is 1. The summed E-state index contributed by atoms with van der Waals surface area (Å²) in [6.07, 6.45) is 8.01. The molecule has 0 fully saturated rings. The highest BCUT2D eigenvalue weighted by Crippen LogP contribution is 2.25. The summed E-state index contributed by atoms with van der Waals surface area (Å²) in [5, 5.41) is 9.61. The molecular weight excluding hydrogens is 1110 g/mol. The molecule has 0 unspecified atom stereocenters. The summed E-state index contributed by atoms with van der Waals surface area (Å²) < 4.78 is 62.6. The Balaban J connectivity index is 0.000000269. The van der Waals surface area contributed by atoms with Crippen LogP contribution < -0.4 is 31.4 Å². The summed E-state index contributed by atoms with van der Waals surface area (Å²) in [6, 6.07) is 36.4. The van der Waals surface area contributed by atoms with E-state index >= 15 is 0 Å². The number of hydrogen-bond acceptors (Lipinski definition) is 16. The third kappa shape index (κ3) is 26.0. The van der Waals surface area contributed by atoms with Gasteiger partial charge in [0.1, 0.15) is 45.6 Å². The van der Waals surface area contributed by atoms with Gasteiger partial charge in [-0.15, -0.1) is 0 Å². The molecular formula is C59H58Cl2F3N7O11. The minimum Gasteiger partial charge on any atom is -0.508 e. The zero-order valence-corrected chi connectivity index (χ0v) is 46.6.